The first kappa shape index (κ1) is 2.52. The lowest BCUT2D eigenvalue weighted by atomic mass is 10.2. The van der Waals surface area contributed by atoms with Gasteiger partial charge in [-0.05, 0) is 24.2 Å². The largest absolute Gasteiger partial charge is 0.369 e. The Morgan fingerprint density at radius 3 is 2.54 bits per heavy atom. The number of hydrogen-bond acceptors (Lipinski definition) is 2. The fourth-order valence-electron chi connectivity index (χ4n) is 0.741. The number of halogens is 1. The first-order chi connectivity index (χ1) is 11.0. The number of hydrogen-bond donors (Lipinski definition) is 1. The third-order valence-electron chi connectivity index (χ3n) is 1.27. The van der Waals surface area contributed by atoms with Crippen molar-refractivity contribution < 1.29 is 16.4 Å². The highest BCUT2D eigenvalue weighted by Crippen LogP contribution is 2.18. The van der Waals surface area contributed by atoms with Crippen molar-refractivity contribution in [3.63, 3.8) is 0 Å². The van der Waals surface area contributed by atoms with Gasteiger partial charge in [-0.1, -0.05) is 15.9 Å². The van der Waals surface area contributed by atoms with Crippen molar-refractivity contribution in [1.29, 1.82) is 0 Å². The maximum absolute atomic E-state index is 7.99. The topological polar surface area (TPSA) is 15.3 Å². The van der Waals surface area contributed by atoms with Crippen LogP contribution in [0.5, 0.6) is 0 Å². The van der Waals surface area contributed by atoms with Crippen LogP contribution in [0.3, 0.4) is 0 Å². The van der Waals surface area contributed by atoms with Crippen LogP contribution in [0.1, 0.15) is 16.4 Å². The molecule has 1 heterocycles. The Bertz CT molecular complexity index is 678. The molecule has 0 atom stereocenters. The van der Waals surface area contributed by atoms with Crippen LogP contribution in [0.4, 0.5) is 5.69 Å². The van der Waals surface area contributed by atoms with E-state index in [0.29, 0.717) is 0 Å². The van der Waals surface area contributed by atoms with Gasteiger partial charge in [-0.3, -0.25) is 0 Å². The van der Waals surface area contributed by atoms with Crippen LogP contribution in [0.2, 0.25) is 0 Å². The average molecular weight is 253 g/mol. The summed E-state index contributed by atoms with van der Waals surface area (Å²) in [6.07, 6.45) is 0. The molecule has 1 aliphatic rings. The number of piperazine rings is 1. The minimum atomic E-state index is -3.24. The van der Waals surface area contributed by atoms with Crippen LogP contribution in [0, 0.1) is 0 Å². The maximum Gasteiger partial charge on any atom is 0.0645 e. The molecule has 0 saturated carbocycles. The van der Waals surface area contributed by atoms with Gasteiger partial charge in [0.2, 0.25) is 0 Å². The van der Waals surface area contributed by atoms with Gasteiger partial charge in [-0.25, -0.2) is 0 Å². The van der Waals surface area contributed by atoms with Gasteiger partial charge in [0.25, 0.3) is 0 Å². The van der Waals surface area contributed by atoms with Gasteiger partial charge >= 0.3 is 0 Å². The number of nitrogens with one attached hydrogen (secondary N) is 1. The van der Waals surface area contributed by atoms with Gasteiger partial charge in [0.1, 0.15) is 0 Å². The van der Waals surface area contributed by atoms with Crippen LogP contribution in [-0.2, 0) is 0 Å². The van der Waals surface area contributed by atoms with Gasteiger partial charge in [-0.15, -0.1) is 0 Å². The summed E-state index contributed by atoms with van der Waals surface area (Å²) in [5.74, 6) is 0. The van der Waals surface area contributed by atoms with Crippen molar-refractivity contribution in [2.24, 2.45) is 0 Å². The molecule has 1 fully saturated rings. The molecule has 1 N–H and O–H groups in total. The second-order valence-electron chi connectivity index (χ2n) is 2.10. The minimum absolute atomic E-state index is 0.00366. The van der Waals surface area contributed by atoms with Crippen LogP contribution in [0.15, 0.2) is 28.6 Å². The Hall–Kier alpha value is -0.540. The monoisotopic (exact) mass is 252 g/mol. The number of rotatable bonds is 1. The van der Waals surface area contributed by atoms with E-state index in [0.717, 1.165) is 0 Å². The number of anilines is 1. The maximum atomic E-state index is 7.99. The number of benzene rings is 1. The highest BCUT2D eigenvalue weighted by Gasteiger charge is 2.09. The van der Waals surface area contributed by atoms with Crippen molar-refractivity contribution in [3.8, 4) is 0 Å². The Kier molecular flexibility index (Phi) is 0.799. The second-order valence-corrected chi connectivity index (χ2v) is 2.89. The second kappa shape index (κ2) is 4.11. The first-order valence-corrected chi connectivity index (χ1v) is 4.15. The summed E-state index contributed by atoms with van der Waals surface area (Å²) in [5.41, 5.74) is -0.873. The lowest BCUT2D eigenvalue weighted by Gasteiger charge is -2.29. The third kappa shape index (κ3) is 2.23. The van der Waals surface area contributed by atoms with E-state index in [-0.39, 0.29) is 9.37 Å². The van der Waals surface area contributed by atoms with E-state index in [2.05, 4.69) is 15.9 Å². The summed E-state index contributed by atoms with van der Waals surface area (Å²) in [6, 6.07) is -2.90. The fraction of sp³-hybridized carbons (Fsp3) is 0.400. The molecular weight excluding hydrogens is 228 g/mol. The van der Waals surface area contributed by atoms with Gasteiger partial charge in [0.15, 0.2) is 0 Å². The molecule has 70 valence electrons. The number of nitrogens with zero attached hydrogens (tertiary/aromatic N) is 1. The fourth-order valence-corrected chi connectivity index (χ4v) is 0.939. The summed E-state index contributed by atoms with van der Waals surface area (Å²) in [4.78, 5) is 0.00366. The lowest BCUT2D eigenvalue weighted by molar-refractivity contribution is 0.589. The molecule has 0 radical (unpaired) electrons. The summed E-state index contributed by atoms with van der Waals surface area (Å²) in [5, 5.41) is 1.64. The molecule has 1 aromatic carbocycles. The summed E-state index contributed by atoms with van der Waals surface area (Å²) in [6.45, 7) is -12.7. The Morgan fingerprint density at radius 1 is 1.31 bits per heavy atom. The van der Waals surface area contributed by atoms with Crippen LogP contribution < -0.4 is 10.2 Å². The van der Waals surface area contributed by atoms with E-state index in [9.17, 15) is 0 Å². The summed E-state index contributed by atoms with van der Waals surface area (Å²) >= 11 is 2.86. The van der Waals surface area contributed by atoms with Crippen LogP contribution in [-0.4, -0.2) is 26.0 Å². The third-order valence-corrected chi connectivity index (χ3v) is 1.66. The van der Waals surface area contributed by atoms with E-state index in [1.165, 1.54) is 0 Å². The molecule has 0 bridgehead atoms. The summed E-state index contributed by atoms with van der Waals surface area (Å²) < 4.78 is 94.2. The van der Waals surface area contributed by atoms with E-state index in [4.69, 9.17) is 16.4 Å². The average Bonchev–Trinajstić information content (AvgIpc) is 2.44. The zero-order valence-corrected chi connectivity index (χ0v) is 7.91. The van der Waals surface area contributed by atoms with E-state index in [1.54, 1.807) is 5.32 Å². The lowest BCUT2D eigenvalue weighted by Crippen LogP contribution is -2.43. The quantitative estimate of drug-likeness (QED) is 0.821. The first-order valence-electron chi connectivity index (χ1n) is 9.36. The van der Waals surface area contributed by atoms with Crippen molar-refractivity contribution in [2.75, 3.05) is 30.9 Å². The SMILES string of the molecule is [2H]c1c([2H])c(N2C([2H])([2H])C([2H])([2H])NC([2H])([2H])C2([2H])[2H])c([2H])c([2H])c1Br. The zero-order valence-electron chi connectivity index (χ0n) is 18.3. The van der Waals surface area contributed by atoms with Crippen molar-refractivity contribution in [2.45, 2.75) is 0 Å². The predicted octanol–water partition coefficient (Wildman–Crippen LogP) is 1.86. The Balaban J connectivity index is 2.92. The molecule has 13 heavy (non-hydrogen) atoms. The molecule has 0 amide bonds. The Labute approximate surface area is 104 Å². The molecule has 2 nitrogen and oxygen atoms in total. The molecule has 1 saturated heterocycles. The van der Waals surface area contributed by atoms with E-state index in [1.807, 2.05) is 0 Å². The molecule has 0 spiro atoms. The van der Waals surface area contributed by atoms with Gasteiger partial charge in [0.05, 0.1) is 11.0 Å². The highest BCUT2D eigenvalue weighted by atomic mass is 79.9. The van der Waals surface area contributed by atoms with Crippen LogP contribution in [0.25, 0.3) is 0 Å². The molecule has 0 aromatic heterocycles. The zero-order chi connectivity index (χ0) is 19.7. The van der Waals surface area contributed by atoms with Crippen LogP contribution >= 0.6 is 15.9 Å². The van der Waals surface area contributed by atoms with Gasteiger partial charge in [0, 0.05) is 41.6 Å². The standard InChI is InChI=1S/C10H13BrN2/c11-9-1-3-10(4-2-9)13-7-5-12-6-8-13/h1-4,12H,5-8H2/i1D,2D,3D,4D,5D2,6D2,7D2,8D2. The molecule has 1 aromatic rings. The molecule has 0 aliphatic carbocycles. The normalized spacial score (nSPS) is 46.4. The summed E-state index contributed by atoms with van der Waals surface area (Å²) in [7, 11) is 0. The van der Waals surface area contributed by atoms with Gasteiger partial charge in [-0.2, -0.15) is 0 Å². The molecule has 0 unspecified atom stereocenters. The smallest absolute Gasteiger partial charge is 0.0645 e. The van der Waals surface area contributed by atoms with Gasteiger partial charge < -0.3 is 10.2 Å². The van der Waals surface area contributed by atoms with Crippen molar-refractivity contribution in [1.82, 2.24) is 5.32 Å². The highest BCUT2D eigenvalue weighted by molar-refractivity contribution is 9.10. The molecule has 3 heteroatoms. The predicted molar refractivity (Wildman–Crippen MR) is 59.2 cm³/mol. The van der Waals surface area contributed by atoms with E-state index >= 15 is 0 Å². The minimum Gasteiger partial charge on any atom is -0.369 e. The van der Waals surface area contributed by atoms with E-state index < -0.39 is 55.8 Å². The Morgan fingerprint density at radius 2 is 1.92 bits per heavy atom. The molecular formula is C10H13BrN2. The van der Waals surface area contributed by atoms with Crippen molar-refractivity contribution in [3.05, 3.63) is 28.6 Å². The molecule has 2 rings (SSSR count). The molecule has 1 aliphatic heterocycles. The van der Waals surface area contributed by atoms with Crippen molar-refractivity contribution >= 4 is 21.6 Å².